The van der Waals surface area contributed by atoms with Gasteiger partial charge in [-0.25, -0.2) is 0 Å². The normalized spacial score (nSPS) is 24.2. The van der Waals surface area contributed by atoms with Gasteiger partial charge in [-0.3, -0.25) is 9.69 Å². The molecule has 1 saturated heterocycles. The van der Waals surface area contributed by atoms with Crippen LogP contribution in [0.1, 0.15) is 31.7 Å². The van der Waals surface area contributed by atoms with Crippen molar-refractivity contribution >= 4 is 5.91 Å². The van der Waals surface area contributed by atoms with Gasteiger partial charge in [0, 0.05) is 19.1 Å². The molecule has 5 nitrogen and oxygen atoms in total. The van der Waals surface area contributed by atoms with Gasteiger partial charge in [0.15, 0.2) is 0 Å². The third-order valence-electron chi connectivity index (χ3n) is 4.64. The Morgan fingerprint density at radius 1 is 1.43 bits per heavy atom. The Morgan fingerprint density at radius 2 is 2.35 bits per heavy atom. The summed E-state index contributed by atoms with van der Waals surface area (Å²) in [5.41, 5.74) is 1.06. The van der Waals surface area contributed by atoms with Crippen LogP contribution in [0.5, 0.6) is 5.75 Å². The Kier molecular flexibility index (Phi) is 5.51. The molecule has 5 heteroatoms. The van der Waals surface area contributed by atoms with Gasteiger partial charge in [0.25, 0.3) is 0 Å². The van der Waals surface area contributed by atoms with Crippen LogP contribution in [0.2, 0.25) is 0 Å². The van der Waals surface area contributed by atoms with Crippen LogP contribution in [0.25, 0.3) is 0 Å². The zero-order valence-electron chi connectivity index (χ0n) is 13.8. The number of nitrogens with one attached hydrogen (secondary N) is 1. The lowest BCUT2D eigenvalue weighted by molar-refractivity contribution is -0.126. The first-order valence-electron chi connectivity index (χ1n) is 8.60. The standard InChI is InChI=1S/C18H26N2O3/c1-2-22-15-6-3-5-14(11-15)12-19-18(21)13-20-9-10-23-17-8-4-7-16(17)20/h3,5-6,11,16-17H,2,4,7-10,12-13H2,1H3,(H,19,21)/t16-,17-/m0/s1. The highest BCUT2D eigenvalue weighted by Crippen LogP contribution is 2.29. The molecule has 1 aromatic carbocycles. The van der Waals surface area contributed by atoms with Crippen molar-refractivity contribution in [3.63, 3.8) is 0 Å². The van der Waals surface area contributed by atoms with Gasteiger partial charge < -0.3 is 14.8 Å². The molecule has 126 valence electrons. The highest BCUT2D eigenvalue weighted by Gasteiger charge is 2.36. The van der Waals surface area contributed by atoms with Crippen LogP contribution >= 0.6 is 0 Å². The molecular weight excluding hydrogens is 292 g/mol. The van der Waals surface area contributed by atoms with E-state index in [-0.39, 0.29) is 5.91 Å². The smallest absolute Gasteiger partial charge is 0.234 e. The summed E-state index contributed by atoms with van der Waals surface area (Å²) in [6.07, 6.45) is 3.82. The van der Waals surface area contributed by atoms with Crippen molar-refractivity contribution in [3.05, 3.63) is 29.8 Å². The molecule has 1 N–H and O–H groups in total. The summed E-state index contributed by atoms with van der Waals surface area (Å²) in [7, 11) is 0. The van der Waals surface area contributed by atoms with Gasteiger partial charge in [-0.2, -0.15) is 0 Å². The second-order valence-corrected chi connectivity index (χ2v) is 6.24. The molecule has 0 radical (unpaired) electrons. The Bertz CT molecular complexity index is 535. The lowest BCUT2D eigenvalue weighted by atomic mass is 10.1. The molecule has 0 aromatic heterocycles. The fourth-order valence-electron chi connectivity index (χ4n) is 3.55. The average molecular weight is 318 g/mol. The summed E-state index contributed by atoms with van der Waals surface area (Å²) in [5, 5.41) is 3.02. The van der Waals surface area contributed by atoms with Gasteiger partial charge in [-0.1, -0.05) is 12.1 Å². The van der Waals surface area contributed by atoms with E-state index in [1.54, 1.807) is 0 Å². The monoisotopic (exact) mass is 318 g/mol. The van der Waals surface area contributed by atoms with Crippen LogP contribution in [-0.2, 0) is 16.1 Å². The fourth-order valence-corrected chi connectivity index (χ4v) is 3.55. The van der Waals surface area contributed by atoms with Crippen molar-refractivity contribution in [1.29, 1.82) is 0 Å². The molecular formula is C18H26N2O3. The van der Waals surface area contributed by atoms with Crippen molar-refractivity contribution in [3.8, 4) is 5.75 Å². The molecule has 1 aromatic rings. The van der Waals surface area contributed by atoms with Gasteiger partial charge in [-0.15, -0.1) is 0 Å². The highest BCUT2D eigenvalue weighted by molar-refractivity contribution is 5.78. The molecule has 0 bridgehead atoms. The van der Waals surface area contributed by atoms with Crippen LogP contribution in [0.4, 0.5) is 0 Å². The maximum absolute atomic E-state index is 12.3. The summed E-state index contributed by atoms with van der Waals surface area (Å²) >= 11 is 0. The minimum atomic E-state index is 0.0827. The highest BCUT2D eigenvalue weighted by atomic mass is 16.5. The molecule has 23 heavy (non-hydrogen) atoms. The number of rotatable bonds is 6. The molecule has 2 atom stereocenters. The molecule has 0 spiro atoms. The van der Waals surface area contributed by atoms with Gasteiger partial charge in [0.1, 0.15) is 5.75 Å². The number of nitrogens with zero attached hydrogens (tertiary/aromatic N) is 1. The number of amides is 1. The largest absolute Gasteiger partial charge is 0.494 e. The maximum atomic E-state index is 12.3. The zero-order chi connectivity index (χ0) is 16.1. The third kappa shape index (κ3) is 4.24. The minimum absolute atomic E-state index is 0.0827. The Labute approximate surface area is 137 Å². The van der Waals surface area contributed by atoms with Crippen LogP contribution in [0.3, 0.4) is 0 Å². The first-order chi connectivity index (χ1) is 11.3. The van der Waals surface area contributed by atoms with E-state index in [0.29, 0.717) is 31.8 Å². The number of fused-ring (bicyclic) bond motifs is 1. The second-order valence-electron chi connectivity index (χ2n) is 6.24. The molecule has 1 amide bonds. The van der Waals surface area contributed by atoms with Gasteiger partial charge >= 0.3 is 0 Å². The number of hydrogen-bond donors (Lipinski definition) is 1. The van der Waals surface area contributed by atoms with Crippen molar-refractivity contribution < 1.29 is 14.3 Å². The third-order valence-corrected chi connectivity index (χ3v) is 4.64. The Hall–Kier alpha value is -1.59. The predicted octanol–water partition coefficient (Wildman–Crippen LogP) is 1.95. The molecule has 1 heterocycles. The SMILES string of the molecule is CCOc1cccc(CNC(=O)CN2CCO[C@H]3CCC[C@@H]32)c1. The number of ether oxygens (including phenoxy) is 2. The van der Waals surface area contributed by atoms with Crippen molar-refractivity contribution in [2.45, 2.75) is 44.9 Å². The first kappa shape index (κ1) is 16.3. The summed E-state index contributed by atoms with van der Waals surface area (Å²) in [4.78, 5) is 14.5. The number of carbonyl (C=O) groups is 1. The van der Waals surface area contributed by atoms with Gasteiger partial charge in [0.05, 0.1) is 25.9 Å². The molecule has 1 saturated carbocycles. The minimum Gasteiger partial charge on any atom is -0.494 e. The summed E-state index contributed by atoms with van der Waals surface area (Å²) < 4.78 is 11.3. The lowest BCUT2D eigenvalue weighted by Gasteiger charge is -2.37. The maximum Gasteiger partial charge on any atom is 0.234 e. The summed E-state index contributed by atoms with van der Waals surface area (Å²) in [6, 6.07) is 8.30. The predicted molar refractivity (Wildman–Crippen MR) is 88.4 cm³/mol. The molecule has 2 fully saturated rings. The number of hydrogen-bond acceptors (Lipinski definition) is 4. The van der Waals surface area contributed by atoms with Crippen LogP contribution in [-0.4, -0.2) is 49.3 Å². The number of benzene rings is 1. The molecule has 1 aliphatic heterocycles. The van der Waals surface area contributed by atoms with Crippen LogP contribution in [0.15, 0.2) is 24.3 Å². The molecule has 1 aliphatic carbocycles. The lowest BCUT2D eigenvalue weighted by Crippen LogP contribution is -2.51. The van der Waals surface area contributed by atoms with Crippen molar-refractivity contribution in [2.75, 3.05) is 26.3 Å². The topological polar surface area (TPSA) is 50.8 Å². The van der Waals surface area contributed by atoms with E-state index in [0.717, 1.165) is 37.3 Å². The van der Waals surface area contributed by atoms with E-state index in [9.17, 15) is 4.79 Å². The number of carbonyl (C=O) groups excluding carboxylic acids is 1. The molecule has 3 rings (SSSR count). The van der Waals surface area contributed by atoms with E-state index in [1.165, 1.54) is 6.42 Å². The zero-order valence-corrected chi connectivity index (χ0v) is 13.8. The van der Waals surface area contributed by atoms with Crippen molar-refractivity contribution in [2.24, 2.45) is 0 Å². The van der Waals surface area contributed by atoms with E-state index in [2.05, 4.69) is 10.2 Å². The van der Waals surface area contributed by atoms with E-state index in [4.69, 9.17) is 9.47 Å². The van der Waals surface area contributed by atoms with Gasteiger partial charge in [0.2, 0.25) is 5.91 Å². The average Bonchev–Trinajstić information content (AvgIpc) is 3.03. The van der Waals surface area contributed by atoms with E-state index < -0.39 is 0 Å². The van der Waals surface area contributed by atoms with Crippen LogP contribution in [0, 0.1) is 0 Å². The van der Waals surface area contributed by atoms with E-state index in [1.807, 2.05) is 31.2 Å². The second kappa shape index (κ2) is 7.79. The van der Waals surface area contributed by atoms with Crippen molar-refractivity contribution in [1.82, 2.24) is 10.2 Å². The molecule has 2 aliphatic rings. The number of morpholine rings is 1. The quantitative estimate of drug-likeness (QED) is 0.871. The van der Waals surface area contributed by atoms with Crippen LogP contribution < -0.4 is 10.1 Å². The van der Waals surface area contributed by atoms with Gasteiger partial charge in [-0.05, 0) is 43.9 Å². The summed E-state index contributed by atoms with van der Waals surface area (Å²) in [5.74, 6) is 0.931. The fraction of sp³-hybridized carbons (Fsp3) is 0.611. The Morgan fingerprint density at radius 3 is 3.22 bits per heavy atom. The molecule has 0 unspecified atom stereocenters. The Balaban J connectivity index is 1.48. The first-order valence-corrected chi connectivity index (χ1v) is 8.60. The van der Waals surface area contributed by atoms with E-state index >= 15 is 0 Å². The summed E-state index contributed by atoms with van der Waals surface area (Å²) in [6.45, 7) is 5.22.